The highest BCUT2D eigenvalue weighted by Crippen LogP contribution is 2.37. The number of hydrogen-bond donors (Lipinski definition) is 2. The van der Waals surface area contributed by atoms with Crippen LogP contribution in [0.25, 0.3) is 16.9 Å². The Morgan fingerprint density at radius 1 is 1.26 bits per heavy atom. The van der Waals surface area contributed by atoms with Crippen LogP contribution in [0.1, 0.15) is 5.56 Å². The molecule has 2 aromatic heterocycles. The van der Waals surface area contributed by atoms with Crippen molar-refractivity contribution in [2.75, 3.05) is 0 Å². The van der Waals surface area contributed by atoms with E-state index in [2.05, 4.69) is 20.9 Å². The predicted octanol–water partition coefficient (Wildman–Crippen LogP) is 3.20. The van der Waals surface area contributed by atoms with Gasteiger partial charge in [-0.2, -0.15) is 13.2 Å². The highest BCUT2D eigenvalue weighted by Gasteiger charge is 2.32. The zero-order chi connectivity index (χ0) is 17.0. The van der Waals surface area contributed by atoms with Gasteiger partial charge in [-0.05, 0) is 34.1 Å². The minimum absolute atomic E-state index is 0.0583. The fourth-order valence-corrected chi connectivity index (χ4v) is 3.05. The second kappa shape index (κ2) is 5.20. The number of halogens is 4. The Morgan fingerprint density at radius 3 is 2.52 bits per heavy atom. The molecule has 3 aromatic rings. The zero-order valence-corrected chi connectivity index (χ0v) is 13.4. The summed E-state index contributed by atoms with van der Waals surface area (Å²) in [6.45, 7) is 0. The molecule has 1 aromatic carbocycles. The summed E-state index contributed by atoms with van der Waals surface area (Å²) >= 11 is 3.03. The third kappa shape index (κ3) is 2.94. The Hall–Kier alpha value is -1.61. The quantitative estimate of drug-likeness (QED) is 0.633. The zero-order valence-electron chi connectivity index (χ0n) is 11.0. The van der Waals surface area contributed by atoms with Gasteiger partial charge in [0, 0.05) is 10.5 Å². The molecule has 0 amide bonds. The molecule has 0 aliphatic heterocycles. The molecule has 0 unspecified atom stereocenters. The normalized spacial score (nSPS) is 13.0. The van der Waals surface area contributed by atoms with E-state index < -0.39 is 24.8 Å². The van der Waals surface area contributed by atoms with Gasteiger partial charge in [-0.3, -0.25) is 9.13 Å². The van der Waals surface area contributed by atoms with Gasteiger partial charge >= 0.3 is 13.8 Å². The van der Waals surface area contributed by atoms with Gasteiger partial charge in [0.1, 0.15) is 11.8 Å². The van der Waals surface area contributed by atoms with Gasteiger partial charge in [0.2, 0.25) is 11.4 Å². The average Bonchev–Trinajstić information content (AvgIpc) is 3.02. The highest BCUT2D eigenvalue weighted by molar-refractivity contribution is 9.10. The lowest BCUT2D eigenvalue weighted by Crippen LogP contribution is -2.05. The standard InChI is InChI=1S/C12H7BrF3N2O4P/c13-7-3-6(12(14,15)16)4-8-11(7)17-5-18(8)9-1-2-10(22-9)23(19,20)21/h1-5H,(H2,19,20,21). The summed E-state index contributed by atoms with van der Waals surface area (Å²) in [6, 6.07) is 4.09. The van der Waals surface area contributed by atoms with Crippen LogP contribution in [-0.4, -0.2) is 19.3 Å². The molecular weight excluding hydrogens is 404 g/mol. The molecule has 0 aliphatic carbocycles. The van der Waals surface area contributed by atoms with Gasteiger partial charge in [0.25, 0.3) is 0 Å². The molecule has 0 spiro atoms. The summed E-state index contributed by atoms with van der Waals surface area (Å²) in [5.41, 5.74) is -1.13. The SMILES string of the molecule is O=P(O)(O)c1ccc(-n2cnc3c(Br)cc(C(F)(F)F)cc32)o1. The molecule has 0 saturated carbocycles. The molecule has 23 heavy (non-hydrogen) atoms. The van der Waals surface area contributed by atoms with Crippen molar-refractivity contribution in [2.24, 2.45) is 0 Å². The lowest BCUT2D eigenvalue weighted by Gasteiger charge is -2.08. The largest absolute Gasteiger partial charge is 0.432 e. The summed E-state index contributed by atoms with van der Waals surface area (Å²) < 4.78 is 56.2. The van der Waals surface area contributed by atoms with Gasteiger partial charge < -0.3 is 14.2 Å². The number of alkyl halides is 3. The molecule has 0 atom stereocenters. The van der Waals surface area contributed by atoms with Crippen molar-refractivity contribution in [3.05, 3.63) is 40.6 Å². The van der Waals surface area contributed by atoms with Gasteiger partial charge in [0.15, 0.2) is 0 Å². The molecule has 11 heteroatoms. The van der Waals surface area contributed by atoms with E-state index in [0.717, 1.165) is 18.2 Å². The van der Waals surface area contributed by atoms with E-state index in [0.29, 0.717) is 0 Å². The lowest BCUT2D eigenvalue weighted by molar-refractivity contribution is -0.137. The maximum atomic E-state index is 12.9. The maximum absolute atomic E-state index is 12.9. The fourth-order valence-electron chi connectivity index (χ4n) is 2.02. The van der Waals surface area contributed by atoms with Crippen molar-refractivity contribution in [3.63, 3.8) is 0 Å². The van der Waals surface area contributed by atoms with E-state index >= 15 is 0 Å². The number of aromatic nitrogens is 2. The maximum Gasteiger partial charge on any atom is 0.416 e. The molecule has 3 rings (SSSR count). The van der Waals surface area contributed by atoms with E-state index in [-0.39, 0.29) is 21.4 Å². The summed E-state index contributed by atoms with van der Waals surface area (Å²) in [6.07, 6.45) is -3.34. The van der Waals surface area contributed by atoms with Crippen LogP contribution < -0.4 is 5.50 Å². The number of imidazole rings is 1. The van der Waals surface area contributed by atoms with Crippen molar-refractivity contribution < 1.29 is 31.9 Å². The number of hydrogen-bond acceptors (Lipinski definition) is 3. The first-order chi connectivity index (χ1) is 10.6. The van der Waals surface area contributed by atoms with Crippen molar-refractivity contribution in [1.82, 2.24) is 9.55 Å². The van der Waals surface area contributed by atoms with E-state index in [4.69, 9.17) is 14.2 Å². The van der Waals surface area contributed by atoms with Crippen molar-refractivity contribution in [1.29, 1.82) is 0 Å². The van der Waals surface area contributed by atoms with Gasteiger partial charge in [-0.25, -0.2) is 4.98 Å². The van der Waals surface area contributed by atoms with Crippen LogP contribution in [0.3, 0.4) is 0 Å². The molecule has 122 valence electrons. The molecule has 0 aliphatic rings. The first-order valence-corrected chi connectivity index (χ1v) is 8.38. The number of rotatable bonds is 2. The molecule has 0 saturated heterocycles. The van der Waals surface area contributed by atoms with Crippen LogP contribution in [0.2, 0.25) is 0 Å². The molecule has 2 N–H and O–H groups in total. The van der Waals surface area contributed by atoms with Crippen molar-refractivity contribution in [3.8, 4) is 5.88 Å². The predicted molar refractivity (Wildman–Crippen MR) is 77.7 cm³/mol. The summed E-state index contributed by atoms with van der Waals surface area (Å²) in [5.74, 6) is -0.0583. The molecule has 2 heterocycles. The Bertz CT molecular complexity index is 944. The van der Waals surface area contributed by atoms with Gasteiger partial charge in [-0.1, -0.05) is 0 Å². The lowest BCUT2D eigenvalue weighted by atomic mass is 10.2. The second-order valence-electron chi connectivity index (χ2n) is 4.59. The Labute approximate surface area is 134 Å². The summed E-state index contributed by atoms with van der Waals surface area (Å²) in [7, 11) is -4.59. The smallest absolute Gasteiger partial charge is 0.416 e. The molecule has 0 radical (unpaired) electrons. The van der Waals surface area contributed by atoms with Crippen LogP contribution in [0.4, 0.5) is 13.2 Å². The van der Waals surface area contributed by atoms with Crippen LogP contribution in [0.5, 0.6) is 0 Å². The first kappa shape index (κ1) is 16.3. The van der Waals surface area contributed by atoms with Crippen LogP contribution >= 0.6 is 23.5 Å². The fraction of sp³-hybridized carbons (Fsp3) is 0.0833. The third-order valence-electron chi connectivity index (χ3n) is 3.03. The first-order valence-electron chi connectivity index (χ1n) is 5.97. The van der Waals surface area contributed by atoms with Crippen LogP contribution in [-0.2, 0) is 10.7 Å². The Kier molecular flexibility index (Phi) is 3.68. The Morgan fingerprint density at radius 2 is 1.96 bits per heavy atom. The number of nitrogens with zero attached hydrogens (tertiary/aromatic N) is 2. The van der Waals surface area contributed by atoms with Gasteiger partial charge in [-0.15, -0.1) is 0 Å². The van der Waals surface area contributed by atoms with Crippen LogP contribution in [0.15, 0.2) is 39.5 Å². The molecule has 6 nitrogen and oxygen atoms in total. The number of fused-ring (bicyclic) bond motifs is 1. The topological polar surface area (TPSA) is 88.5 Å². The minimum atomic E-state index is -4.59. The Balaban J connectivity index is 2.21. The van der Waals surface area contributed by atoms with E-state index in [1.807, 2.05) is 0 Å². The third-order valence-corrected chi connectivity index (χ3v) is 4.45. The number of benzene rings is 1. The molecule has 0 bridgehead atoms. The van der Waals surface area contributed by atoms with Crippen LogP contribution in [0, 0.1) is 0 Å². The van der Waals surface area contributed by atoms with E-state index in [9.17, 15) is 17.7 Å². The summed E-state index contributed by atoms with van der Waals surface area (Å²) in [5, 5.41) is 0. The molecule has 0 fully saturated rings. The van der Waals surface area contributed by atoms with Crippen molar-refractivity contribution >= 4 is 40.1 Å². The minimum Gasteiger partial charge on any atom is -0.432 e. The van der Waals surface area contributed by atoms with Gasteiger partial charge in [0.05, 0.1) is 11.1 Å². The molecular formula is C12H7BrF3N2O4P. The van der Waals surface area contributed by atoms with Crippen molar-refractivity contribution in [2.45, 2.75) is 6.18 Å². The van der Waals surface area contributed by atoms with E-state index in [1.54, 1.807) is 0 Å². The second-order valence-corrected chi connectivity index (χ2v) is 6.98. The summed E-state index contributed by atoms with van der Waals surface area (Å²) in [4.78, 5) is 22.1. The monoisotopic (exact) mass is 410 g/mol. The average molecular weight is 411 g/mol. The number of furan rings is 1. The van der Waals surface area contributed by atoms with E-state index in [1.165, 1.54) is 17.0 Å². The highest BCUT2D eigenvalue weighted by atomic mass is 79.9.